The van der Waals surface area contributed by atoms with Crippen molar-refractivity contribution in [2.45, 2.75) is 44.2 Å². The second kappa shape index (κ2) is 12.9. The molecule has 3 aliphatic rings. The van der Waals surface area contributed by atoms with Gasteiger partial charge in [0.05, 0.1) is 6.04 Å². The number of carbonyl (C=O) groups is 2. The molecule has 2 aromatic heterocycles. The second-order valence-electron chi connectivity index (χ2n) is 13.2. The van der Waals surface area contributed by atoms with E-state index >= 15 is 4.39 Å². The van der Waals surface area contributed by atoms with Crippen molar-refractivity contribution >= 4 is 23.3 Å². The molecular weight excluding hydrogens is 627 g/mol. The second-order valence-corrected chi connectivity index (χ2v) is 13.2. The third-order valence-corrected chi connectivity index (χ3v) is 9.64. The molecule has 0 bridgehead atoms. The molecule has 3 saturated heterocycles. The number of nitrogens with zero attached hydrogens (tertiary/aromatic N) is 7. The quantitative estimate of drug-likeness (QED) is 0.214. The van der Waals surface area contributed by atoms with Crippen LogP contribution in [0, 0.1) is 17.1 Å². The molecule has 3 aliphatic heterocycles. The molecule has 7 rings (SSSR count). The zero-order chi connectivity index (χ0) is 34.3. The summed E-state index contributed by atoms with van der Waals surface area (Å²) in [6.07, 6.45) is 6.19. The fraction of sp³-hybridized carbons (Fsp3) is 0.361. The summed E-state index contributed by atoms with van der Waals surface area (Å²) in [5.74, 6) is 0.699. The number of hydrogen-bond donors (Lipinski definition) is 1. The molecule has 0 spiro atoms. The average molecular weight is 665 g/mol. The number of anilines is 1. The van der Waals surface area contributed by atoms with Crippen molar-refractivity contribution in [3.63, 3.8) is 0 Å². The highest BCUT2D eigenvalue weighted by atomic mass is 19.1. The molecule has 13 heteroatoms. The zero-order valence-corrected chi connectivity index (χ0v) is 27.4. The molecule has 2 atom stereocenters. The standard InChI is InChI=1S/C36H37FN8O4/c1-36(2,43-15-16-44-25(21-43)22-48-35(44)47)18-24(19-38)34(46)42-13-6-7-23(20-42)33-41-30(31-32(39)40-12-14-45(31)33)28-11-10-27(17-29(28)37)49-26-8-4-3-5-9-26/h3-5,8-12,14,17-18,23,25H,6-7,13,15-16,20-22H2,1-2H3,(H2,39,40). The lowest BCUT2D eigenvalue weighted by Crippen LogP contribution is -2.58. The lowest BCUT2D eigenvalue weighted by Gasteiger charge is -2.43. The Hall–Kier alpha value is -5.48. The fourth-order valence-electron chi connectivity index (χ4n) is 7.08. The highest BCUT2D eigenvalue weighted by Crippen LogP contribution is 2.37. The van der Waals surface area contributed by atoms with Crippen molar-refractivity contribution in [3.05, 3.63) is 84.2 Å². The summed E-state index contributed by atoms with van der Waals surface area (Å²) < 4.78 is 28.5. The first-order valence-electron chi connectivity index (χ1n) is 16.4. The lowest BCUT2D eigenvalue weighted by atomic mass is 9.94. The Bertz CT molecular complexity index is 1990. The maximum absolute atomic E-state index is 15.7. The smallest absolute Gasteiger partial charge is 0.410 e. The van der Waals surface area contributed by atoms with Crippen LogP contribution < -0.4 is 10.5 Å². The van der Waals surface area contributed by atoms with Gasteiger partial charge in [-0.15, -0.1) is 0 Å². The van der Waals surface area contributed by atoms with Crippen LogP contribution >= 0.6 is 0 Å². The Morgan fingerprint density at radius 3 is 2.73 bits per heavy atom. The molecule has 252 valence electrons. The van der Waals surface area contributed by atoms with Crippen molar-refractivity contribution in [2.75, 3.05) is 45.1 Å². The van der Waals surface area contributed by atoms with Crippen molar-refractivity contribution in [2.24, 2.45) is 0 Å². The van der Waals surface area contributed by atoms with Crippen LogP contribution in [-0.4, -0.2) is 92.0 Å². The summed E-state index contributed by atoms with van der Waals surface area (Å²) in [5, 5.41) is 10.1. The number of rotatable bonds is 7. The van der Waals surface area contributed by atoms with E-state index in [4.69, 9.17) is 20.2 Å². The van der Waals surface area contributed by atoms with Crippen molar-refractivity contribution in [3.8, 4) is 28.8 Å². The van der Waals surface area contributed by atoms with Crippen molar-refractivity contribution in [1.82, 2.24) is 29.1 Å². The maximum atomic E-state index is 15.7. The number of nitriles is 1. The van der Waals surface area contributed by atoms with Gasteiger partial charge in [-0.1, -0.05) is 18.2 Å². The van der Waals surface area contributed by atoms with E-state index in [1.807, 2.05) is 36.4 Å². The number of piperidine rings is 1. The number of cyclic esters (lactones) is 1. The number of nitrogen functional groups attached to an aromatic ring is 1. The Labute approximate surface area is 283 Å². The van der Waals surface area contributed by atoms with Crippen LogP contribution in [0.5, 0.6) is 11.5 Å². The minimum Gasteiger partial charge on any atom is -0.457 e. The number of halogens is 1. The Morgan fingerprint density at radius 1 is 1.14 bits per heavy atom. The summed E-state index contributed by atoms with van der Waals surface area (Å²) in [5.41, 5.74) is 6.88. The molecule has 49 heavy (non-hydrogen) atoms. The van der Waals surface area contributed by atoms with Crippen LogP contribution in [0.4, 0.5) is 15.0 Å². The summed E-state index contributed by atoms with van der Waals surface area (Å²) in [7, 11) is 0. The molecule has 12 nitrogen and oxygen atoms in total. The molecule has 3 fully saturated rings. The van der Waals surface area contributed by atoms with E-state index in [1.54, 1.807) is 52.5 Å². The molecule has 0 aliphatic carbocycles. The van der Waals surface area contributed by atoms with Gasteiger partial charge in [-0.2, -0.15) is 5.26 Å². The van der Waals surface area contributed by atoms with Crippen LogP contribution in [0.1, 0.15) is 38.4 Å². The fourth-order valence-corrected chi connectivity index (χ4v) is 7.08. The first-order chi connectivity index (χ1) is 23.6. The van der Waals surface area contributed by atoms with Crippen LogP contribution in [0.15, 0.2) is 72.6 Å². The van der Waals surface area contributed by atoms with Gasteiger partial charge in [0.15, 0.2) is 0 Å². The molecular formula is C36H37FN8O4. The van der Waals surface area contributed by atoms with E-state index in [1.165, 1.54) is 6.07 Å². The lowest BCUT2D eigenvalue weighted by molar-refractivity contribution is -0.128. The van der Waals surface area contributed by atoms with Crippen LogP contribution in [0.25, 0.3) is 16.8 Å². The molecule has 2 amide bonds. The first-order valence-corrected chi connectivity index (χ1v) is 16.4. The number of aromatic nitrogens is 3. The number of imidazole rings is 1. The van der Waals surface area contributed by atoms with E-state index < -0.39 is 11.4 Å². The third kappa shape index (κ3) is 6.15. The van der Waals surface area contributed by atoms with Gasteiger partial charge in [0.1, 0.15) is 58.4 Å². The predicted octanol–water partition coefficient (Wildman–Crippen LogP) is 4.98. The van der Waals surface area contributed by atoms with Gasteiger partial charge in [-0.05, 0) is 57.0 Å². The molecule has 2 N–H and O–H groups in total. The number of ether oxygens (including phenoxy) is 2. The summed E-state index contributed by atoms with van der Waals surface area (Å²) in [4.78, 5) is 40.6. The van der Waals surface area contributed by atoms with Gasteiger partial charge in [0.2, 0.25) is 0 Å². The maximum Gasteiger partial charge on any atom is 0.410 e. The van der Waals surface area contributed by atoms with Crippen molar-refractivity contribution in [1.29, 1.82) is 5.26 Å². The average Bonchev–Trinajstić information content (AvgIpc) is 3.68. The van der Waals surface area contributed by atoms with E-state index in [0.717, 1.165) is 6.42 Å². The van der Waals surface area contributed by atoms with Gasteiger partial charge < -0.3 is 20.1 Å². The molecule has 0 radical (unpaired) electrons. The summed E-state index contributed by atoms with van der Waals surface area (Å²) in [6.45, 7) is 6.81. The molecule has 2 unspecified atom stereocenters. The molecule has 2 aromatic carbocycles. The Morgan fingerprint density at radius 2 is 1.96 bits per heavy atom. The number of nitrogens with two attached hydrogens (primary N) is 1. The van der Waals surface area contributed by atoms with Crippen molar-refractivity contribution < 1.29 is 23.5 Å². The number of carbonyl (C=O) groups excluding carboxylic acids is 2. The topological polar surface area (TPSA) is 142 Å². The number of piperazine rings is 1. The molecule has 4 aromatic rings. The third-order valence-electron chi connectivity index (χ3n) is 9.64. The monoisotopic (exact) mass is 664 g/mol. The summed E-state index contributed by atoms with van der Waals surface area (Å²) >= 11 is 0. The van der Waals surface area contributed by atoms with Gasteiger partial charge >= 0.3 is 6.09 Å². The minimum absolute atomic E-state index is 0.0504. The molecule has 5 heterocycles. The largest absolute Gasteiger partial charge is 0.457 e. The number of para-hydroxylation sites is 1. The minimum atomic E-state index is -0.613. The van der Waals surface area contributed by atoms with E-state index in [0.29, 0.717) is 74.3 Å². The number of hydrogen-bond acceptors (Lipinski definition) is 9. The van der Waals surface area contributed by atoms with E-state index in [-0.39, 0.29) is 40.9 Å². The van der Waals surface area contributed by atoms with Gasteiger partial charge in [0.25, 0.3) is 5.91 Å². The number of fused-ring (bicyclic) bond motifs is 2. The first kappa shape index (κ1) is 32.1. The highest BCUT2D eigenvalue weighted by Gasteiger charge is 2.41. The van der Waals surface area contributed by atoms with E-state index in [2.05, 4.69) is 16.0 Å². The normalized spacial score (nSPS) is 20.2. The number of amides is 2. The summed E-state index contributed by atoms with van der Waals surface area (Å²) in [6, 6.07) is 15.8. The molecule has 0 saturated carbocycles. The zero-order valence-electron chi connectivity index (χ0n) is 27.4. The van der Waals surface area contributed by atoms with Gasteiger partial charge in [-0.25, -0.2) is 19.2 Å². The Kier molecular flexibility index (Phi) is 8.42. The Balaban J connectivity index is 1.13. The number of likely N-dealkylation sites (tertiary alicyclic amines) is 1. The highest BCUT2D eigenvalue weighted by molar-refractivity contribution is 5.97. The predicted molar refractivity (Wildman–Crippen MR) is 179 cm³/mol. The van der Waals surface area contributed by atoms with Gasteiger partial charge in [0, 0.05) is 68.2 Å². The van der Waals surface area contributed by atoms with Gasteiger partial charge in [-0.3, -0.25) is 19.0 Å². The van der Waals surface area contributed by atoms with Crippen LogP contribution in [0.3, 0.4) is 0 Å². The van der Waals surface area contributed by atoms with E-state index in [9.17, 15) is 14.9 Å². The van der Waals surface area contributed by atoms with Crippen LogP contribution in [-0.2, 0) is 9.53 Å². The van der Waals surface area contributed by atoms with Crippen LogP contribution in [0.2, 0.25) is 0 Å². The number of benzene rings is 2. The SMILES string of the molecule is CC(C)(C=C(C#N)C(=O)N1CCCC(c2nc(-c3ccc(Oc4ccccc4)cc3F)c3c(N)nccn23)C1)N1CCN2C(=O)OCC2C1.